The van der Waals surface area contributed by atoms with Gasteiger partial charge in [0.25, 0.3) is 0 Å². The summed E-state index contributed by atoms with van der Waals surface area (Å²) in [6.07, 6.45) is 5.24. The molecule has 0 aliphatic heterocycles. The molecule has 1 aliphatic rings. The second-order valence-corrected chi connectivity index (χ2v) is 5.15. The standard InChI is InChI=1S/C8H12O2.C7H12O2/c1-5-6-8(3,4)10-7(2)9;8-7(9)6-4-2-1-3-5-6/h1-4H3;6H,1-5H2,(H,8,9). The molecule has 0 saturated heterocycles. The molecule has 0 radical (unpaired) electrons. The van der Waals surface area contributed by atoms with Gasteiger partial charge in [-0.25, -0.2) is 0 Å². The molecule has 0 unspecified atom stereocenters. The van der Waals surface area contributed by atoms with Gasteiger partial charge in [0.1, 0.15) is 0 Å². The Morgan fingerprint density at radius 3 is 2.05 bits per heavy atom. The molecule has 1 fully saturated rings. The highest BCUT2D eigenvalue weighted by Crippen LogP contribution is 2.23. The van der Waals surface area contributed by atoms with Gasteiger partial charge in [0.2, 0.25) is 0 Å². The van der Waals surface area contributed by atoms with E-state index in [1.165, 1.54) is 13.3 Å². The summed E-state index contributed by atoms with van der Waals surface area (Å²) in [5.41, 5.74) is -0.638. The molecule has 108 valence electrons. The predicted molar refractivity (Wildman–Crippen MR) is 73.5 cm³/mol. The zero-order valence-electron chi connectivity index (χ0n) is 12.3. The van der Waals surface area contributed by atoms with Gasteiger partial charge in [-0.05, 0) is 33.6 Å². The number of hydrogen-bond acceptors (Lipinski definition) is 3. The van der Waals surface area contributed by atoms with E-state index in [0.717, 1.165) is 25.7 Å². The molecule has 4 heteroatoms. The minimum Gasteiger partial charge on any atom is -0.481 e. The first-order chi connectivity index (χ1) is 8.78. The molecule has 1 rings (SSSR count). The van der Waals surface area contributed by atoms with Crippen molar-refractivity contribution >= 4 is 11.9 Å². The van der Waals surface area contributed by atoms with Crippen LogP contribution in [0.25, 0.3) is 0 Å². The van der Waals surface area contributed by atoms with Gasteiger partial charge in [-0.3, -0.25) is 9.59 Å². The lowest BCUT2D eigenvalue weighted by atomic mass is 9.90. The number of carbonyl (C=O) groups excluding carboxylic acids is 1. The molecular weight excluding hydrogens is 244 g/mol. The number of hydrogen-bond donors (Lipinski definition) is 1. The van der Waals surface area contributed by atoms with E-state index in [9.17, 15) is 9.59 Å². The van der Waals surface area contributed by atoms with Gasteiger partial charge in [0.15, 0.2) is 5.60 Å². The fourth-order valence-corrected chi connectivity index (χ4v) is 2.04. The first-order valence-corrected chi connectivity index (χ1v) is 6.65. The highest BCUT2D eigenvalue weighted by molar-refractivity contribution is 5.69. The summed E-state index contributed by atoms with van der Waals surface area (Å²) in [6, 6.07) is 0. The number of carboxylic acids is 1. The van der Waals surface area contributed by atoms with Crippen molar-refractivity contribution in [1.29, 1.82) is 0 Å². The van der Waals surface area contributed by atoms with Crippen LogP contribution in [0.3, 0.4) is 0 Å². The lowest BCUT2D eigenvalue weighted by Gasteiger charge is -2.16. The maximum Gasteiger partial charge on any atom is 0.306 e. The van der Waals surface area contributed by atoms with Gasteiger partial charge in [-0.1, -0.05) is 25.2 Å². The van der Waals surface area contributed by atoms with Crippen LogP contribution < -0.4 is 0 Å². The molecule has 0 spiro atoms. The quantitative estimate of drug-likeness (QED) is 0.617. The fraction of sp³-hybridized carbons (Fsp3) is 0.733. The monoisotopic (exact) mass is 268 g/mol. The van der Waals surface area contributed by atoms with Crippen molar-refractivity contribution in [1.82, 2.24) is 0 Å². The van der Waals surface area contributed by atoms with E-state index in [-0.39, 0.29) is 11.9 Å². The molecule has 1 N–H and O–H groups in total. The minimum absolute atomic E-state index is 0.0289. The maximum absolute atomic E-state index is 10.4. The zero-order chi connectivity index (χ0) is 14.9. The number of rotatable bonds is 2. The molecule has 19 heavy (non-hydrogen) atoms. The molecule has 0 aromatic carbocycles. The molecule has 0 atom stereocenters. The van der Waals surface area contributed by atoms with Crippen molar-refractivity contribution < 1.29 is 19.4 Å². The Labute approximate surface area is 115 Å². The Kier molecular flexibility index (Phi) is 7.90. The van der Waals surface area contributed by atoms with Crippen LogP contribution in [0.1, 0.15) is 59.8 Å². The molecule has 0 aromatic rings. The molecule has 0 amide bonds. The van der Waals surface area contributed by atoms with Crippen LogP contribution in [0.5, 0.6) is 0 Å². The van der Waals surface area contributed by atoms with E-state index in [2.05, 4.69) is 11.8 Å². The predicted octanol–water partition coefficient (Wildman–Crippen LogP) is 3.00. The van der Waals surface area contributed by atoms with Gasteiger partial charge in [-0.15, -0.1) is 5.92 Å². The Hall–Kier alpha value is -1.50. The zero-order valence-corrected chi connectivity index (χ0v) is 12.3. The highest BCUT2D eigenvalue weighted by atomic mass is 16.6. The van der Waals surface area contributed by atoms with Crippen molar-refractivity contribution in [2.75, 3.05) is 0 Å². The van der Waals surface area contributed by atoms with Crippen LogP contribution in [0, 0.1) is 17.8 Å². The lowest BCUT2D eigenvalue weighted by molar-refractivity contribution is -0.149. The van der Waals surface area contributed by atoms with Crippen molar-refractivity contribution in [3.8, 4) is 11.8 Å². The summed E-state index contributed by atoms with van der Waals surface area (Å²) in [5.74, 6) is 4.52. The first-order valence-electron chi connectivity index (χ1n) is 6.65. The van der Waals surface area contributed by atoms with Crippen LogP contribution in [0.15, 0.2) is 0 Å². The summed E-state index contributed by atoms with van der Waals surface area (Å²) < 4.78 is 4.87. The molecule has 0 heterocycles. The van der Waals surface area contributed by atoms with Crippen LogP contribution in [-0.2, 0) is 14.3 Å². The van der Waals surface area contributed by atoms with Crippen LogP contribution in [0.4, 0.5) is 0 Å². The molecule has 0 bridgehead atoms. The van der Waals surface area contributed by atoms with Crippen molar-refractivity contribution in [3.05, 3.63) is 0 Å². The average Bonchev–Trinajstić information content (AvgIpc) is 2.29. The Balaban J connectivity index is 0.000000342. The summed E-state index contributed by atoms with van der Waals surface area (Å²) in [6.45, 7) is 6.60. The maximum atomic E-state index is 10.4. The van der Waals surface area contributed by atoms with Crippen LogP contribution in [-0.4, -0.2) is 22.6 Å². The smallest absolute Gasteiger partial charge is 0.306 e. The Bertz CT molecular complexity index is 354. The fourth-order valence-electron chi connectivity index (χ4n) is 2.04. The number of aliphatic carboxylic acids is 1. The van der Waals surface area contributed by atoms with Gasteiger partial charge < -0.3 is 9.84 Å². The highest BCUT2D eigenvalue weighted by Gasteiger charge is 2.19. The van der Waals surface area contributed by atoms with Crippen LogP contribution >= 0.6 is 0 Å². The van der Waals surface area contributed by atoms with Gasteiger partial charge in [-0.2, -0.15) is 0 Å². The number of esters is 1. The second-order valence-electron chi connectivity index (χ2n) is 5.15. The second kappa shape index (κ2) is 8.58. The van der Waals surface area contributed by atoms with Crippen molar-refractivity contribution in [2.45, 2.75) is 65.4 Å². The summed E-state index contributed by atoms with van der Waals surface area (Å²) >= 11 is 0. The van der Waals surface area contributed by atoms with Gasteiger partial charge in [0.05, 0.1) is 5.92 Å². The van der Waals surface area contributed by atoms with E-state index >= 15 is 0 Å². The SMILES string of the molecule is CC#CC(C)(C)OC(C)=O.O=C(O)C1CCCCC1. The molecule has 1 saturated carbocycles. The Morgan fingerprint density at radius 2 is 1.74 bits per heavy atom. The molecule has 1 aliphatic carbocycles. The number of ether oxygens (including phenoxy) is 1. The summed E-state index contributed by atoms with van der Waals surface area (Å²) in [4.78, 5) is 20.8. The third kappa shape index (κ3) is 9.12. The minimum atomic E-state index is -0.638. The number of carbonyl (C=O) groups is 2. The van der Waals surface area contributed by atoms with E-state index in [1.807, 2.05) is 0 Å². The topological polar surface area (TPSA) is 63.6 Å². The molecule has 4 nitrogen and oxygen atoms in total. The van der Waals surface area contributed by atoms with Crippen molar-refractivity contribution in [3.63, 3.8) is 0 Å². The summed E-state index contributed by atoms with van der Waals surface area (Å²) in [7, 11) is 0. The van der Waals surface area contributed by atoms with Crippen molar-refractivity contribution in [2.24, 2.45) is 5.92 Å². The third-order valence-corrected chi connectivity index (χ3v) is 2.78. The van der Waals surface area contributed by atoms with Crippen LogP contribution in [0.2, 0.25) is 0 Å². The average molecular weight is 268 g/mol. The van der Waals surface area contributed by atoms with E-state index in [0.29, 0.717) is 0 Å². The van der Waals surface area contributed by atoms with Gasteiger partial charge >= 0.3 is 11.9 Å². The molecule has 0 aromatic heterocycles. The largest absolute Gasteiger partial charge is 0.481 e. The Morgan fingerprint density at radius 1 is 1.21 bits per heavy atom. The summed E-state index contributed by atoms with van der Waals surface area (Å²) in [5, 5.41) is 8.54. The third-order valence-electron chi connectivity index (χ3n) is 2.78. The first kappa shape index (κ1) is 17.5. The number of carboxylic acid groups (broad SMARTS) is 1. The van der Waals surface area contributed by atoms with E-state index in [4.69, 9.17) is 9.84 Å². The lowest BCUT2D eigenvalue weighted by Crippen LogP contribution is -2.24. The normalized spacial score (nSPS) is 15.4. The van der Waals surface area contributed by atoms with E-state index < -0.39 is 11.6 Å². The molecular formula is C15H24O4. The van der Waals surface area contributed by atoms with E-state index in [1.54, 1.807) is 20.8 Å². The van der Waals surface area contributed by atoms with Gasteiger partial charge in [0, 0.05) is 6.92 Å².